The monoisotopic (exact) mass is 292 g/mol. The average Bonchev–Trinajstić information content (AvgIpc) is 2.95. The smallest absolute Gasteiger partial charge is 0.153 e. The summed E-state index contributed by atoms with van der Waals surface area (Å²) in [6.45, 7) is 7.88. The second-order valence-corrected chi connectivity index (χ2v) is 5.45. The summed E-state index contributed by atoms with van der Waals surface area (Å²) in [6.07, 6.45) is 2.54. The van der Waals surface area contributed by atoms with Crippen molar-refractivity contribution in [3.8, 4) is 5.75 Å². The van der Waals surface area contributed by atoms with Crippen molar-refractivity contribution in [2.24, 2.45) is 0 Å². The van der Waals surface area contributed by atoms with Crippen LogP contribution in [0.15, 0.2) is 55.1 Å². The molecule has 1 heterocycles. The van der Waals surface area contributed by atoms with Gasteiger partial charge in [0, 0.05) is 0 Å². The van der Waals surface area contributed by atoms with Gasteiger partial charge in [-0.1, -0.05) is 36.4 Å². The topological polar surface area (TPSA) is 37.9 Å². The lowest BCUT2D eigenvalue weighted by molar-refractivity contribution is 0.216. The molecule has 3 heteroatoms. The number of benzene rings is 2. The maximum Gasteiger partial charge on any atom is 0.153 e. The van der Waals surface area contributed by atoms with Crippen LogP contribution in [0.25, 0.3) is 11.0 Å². The van der Waals surface area contributed by atoms with Gasteiger partial charge in [0.25, 0.3) is 0 Å². The zero-order chi connectivity index (χ0) is 15.5. The molecule has 0 aliphatic rings. The van der Waals surface area contributed by atoms with E-state index in [2.05, 4.69) is 35.6 Å². The predicted molar refractivity (Wildman–Crippen MR) is 90.2 cm³/mol. The van der Waals surface area contributed by atoms with Gasteiger partial charge in [-0.2, -0.15) is 0 Å². The summed E-state index contributed by atoms with van der Waals surface area (Å²) in [5.41, 5.74) is 4.35. The van der Waals surface area contributed by atoms with Crippen molar-refractivity contribution < 1.29 is 4.74 Å². The lowest BCUT2D eigenvalue weighted by Gasteiger charge is -2.15. The number of aromatic amines is 1. The highest BCUT2D eigenvalue weighted by atomic mass is 16.5. The number of ether oxygens (including phenoxy) is 1. The van der Waals surface area contributed by atoms with Gasteiger partial charge in [0.05, 0.1) is 11.0 Å². The van der Waals surface area contributed by atoms with E-state index in [-0.39, 0.29) is 6.10 Å². The molecule has 3 rings (SSSR count). The molecule has 112 valence electrons. The first-order chi connectivity index (χ1) is 10.7. The van der Waals surface area contributed by atoms with Crippen molar-refractivity contribution in [1.82, 2.24) is 9.97 Å². The molecule has 1 atom stereocenters. The Kier molecular flexibility index (Phi) is 3.96. The maximum atomic E-state index is 6.11. The van der Waals surface area contributed by atoms with Crippen molar-refractivity contribution in [2.45, 2.75) is 26.4 Å². The minimum Gasteiger partial charge on any atom is -0.483 e. The van der Waals surface area contributed by atoms with Crippen LogP contribution in [0.4, 0.5) is 0 Å². The first-order valence-corrected chi connectivity index (χ1v) is 7.49. The highest BCUT2D eigenvalue weighted by molar-refractivity contribution is 5.78. The summed E-state index contributed by atoms with van der Waals surface area (Å²) in [6, 6.07) is 14.2. The summed E-state index contributed by atoms with van der Waals surface area (Å²) in [5, 5.41) is 0. The molecule has 0 radical (unpaired) electrons. The van der Waals surface area contributed by atoms with Gasteiger partial charge < -0.3 is 9.72 Å². The Morgan fingerprint density at radius 3 is 2.82 bits per heavy atom. The van der Waals surface area contributed by atoms with Crippen LogP contribution >= 0.6 is 0 Å². The molecule has 1 aromatic heterocycles. The molecule has 0 aliphatic heterocycles. The Labute approximate surface area is 130 Å². The highest BCUT2D eigenvalue weighted by Crippen LogP contribution is 2.26. The third kappa shape index (κ3) is 2.75. The molecule has 22 heavy (non-hydrogen) atoms. The molecule has 3 aromatic rings. The lowest BCUT2D eigenvalue weighted by Crippen LogP contribution is -2.06. The molecular formula is C19H20N2O. The minimum absolute atomic E-state index is 0.141. The van der Waals surface area contributed by atoms with Crippen LogP contribution in [0, 0.1) is 6.92 Å². The van der Waals surface area contributed by atoms with E-state index in [1.54, 1.807) is 0 Å². The molecule has 0 saturated heterocycles. The van der Waals surface area contributed by atoms with Crippen LogP contribution in [0.2, 0.25) is 0 Å². The number of nitrogens with one attached hydrogen (secondary N) is 1. The van der Waals surface area contributed by atoms with Crippen LogP contribution in [0.1, 0.15) is 30.0 Å². The second-order valence-electron chi connectivity index (χ2n) is 5.45. The van der Waals surface area contributed by atoms with Gasteiger partial charge in [0.15, 0.2) is 6.10 Å². The van der Waals surface area contributed by atoms with E-state index in [0.717, 1.165) is 34.6 Å². The number of hydrogen-bond donors (Lipinski definition) is 1. The van der Waals surface area contributed by atoms with E-state index in [0.29, 0.717) is 0 Å². The Bertz CT molecular complexity index is 804. The van der Waals surface area contributed by atoms with E-state index < -0.39 is 0 Å². The van der Waals surface area contributed by atoms with Crippen molar-refractivity contribution in [1.29, 1.82) is 0 Å². The number of aromatic nitrogens is 2. The Hall–Kier alpha value is -2.55. The van der Waals surface area contributed by atoms with Crippen molar-refractivity contribution >= 4 is 11.0 Å². The summed E-state index contributed by atoms with van der Waals surface area (Å²) in [4.78, 5) is 8.03. The fourth-order valence-electron chi connectivity index (χ4n) is 2.58. The summed E-state index contributed by atoms with van der Waals surface area (Å²) < 4.78 is 6.11. The molecule has 1 unspecified atom stereocenters. The number of allylic oxidation sites excluding steroid dienone is 1. The van der Waals surface area contributed by atoms with Crippen LogP contribution in [0.3, 0.4) is 0 Å². The molecule has 0 spiro atoms. The van der Waals surface area contributed by atoms with Crippen LogP contribution in [-0.4, -0.2) is 9.97 Å². The van der Waals surface area contributed by atoms with Gasteiger partial charge in [-0.05, 0) is 43.5 Å². The highest BCUT2D eigenvalue weighted by Gasteiger charge is 2.14. The van der Waals surface area contributed by atoms with E-state index in [1.807, 2.05) is 43.3 Å². The second kappa shape index (κ2) is 6.06. The third-order valence-corrected chi connectivity index (χ3v) is 3.76. The number of rotatable bonds is 5. The zero-order valence-electron chi connectivity index (χ0n) is 13.0. The van der Waals surface area contributed by atoms with Gasteiger partial charge in [-0.25, -0.2) is 4.98 Å². The Morgan fingerprint density at radius 1 is 1.23 bits per heavy atom. The molecule has 3 nitrogen and oxygen atoms in total. The fraction of sp³-hybridized carbons (Fsp3) is 0.211. The van der Waals surface area contributed by atoms with E-state index in [1.165, 1.54) is 5.56 Å². The van der Waals surface area contributed by atoms with Gasteiger partial charge in [0.1, 0.15) is 11.6 Å². The quantitative estimate of drug-likeness (QED) is 0.690. The molecule has 0 saturated carbocycles. The Balaban J connectivity index is 1.88. The number of aryl methyl sites for hydroxylation is 1. The van der Waals surface area contributed by atoms with Crippen LogP contribution < -0.4 is 4.74 Å². The largest absolute Gasteiger partial charge is 0.483 e. The van der Waals surface area contributed by atoms with Crippen molar-refractivity contribution in [3.05, 3.63) is 72.1 Å². The van der Waals surface area contributed by atoms with Crippen LogP contribution in [0.5, 0.6) is 5.75 Å². The zero-order valence-corrected chi connectivity index (χ0v) is 13.0. The lowest BCUT2D eigenvalue weighted by atomic mass is 10.1. The van der Waals surface area contributed by atoms with Gasteiger partial charge in [-0.3, -0.25) is 0 Å². The number of para-hydroxylation sites is 2. The first-order valence-electron chi connectivity index (χ1n) is 7.49. The normalized spacial score (nSPS) is 12.3. The number of fused-ring (bicyclic) bond motifs is 1. The van der Waals surface area contributed by atoms with Gasteiger partial charge >= 0.3 is 0 Å². The maximum absolute atomic E-state index is 6.11. The summed E-state index contributed by atoms with van der Waals surface area (Å²) >= 11 is 0. The molecular weight excluding hydrogens is 272 g/mol. The minimum atomic E-state index is -0.141. The number of nitrogens with zero attached hydrogens (tertiary/aromatic N) is 1. The molecule has 1 N–H and O–H groups in total. The molecule has 2 aromatic carbocycles. The van der Waals surface area contributed by atoms with Crippen molar-refractivity contribution in [3.63, 3.8) is 0 Å². The number of H-pyrrole nitrogens is 1. The van der Waals surface area contributed by atoms with Gasteiger partial charge in [-0.15, -0.1) is 6.58 Å². The summed E-state index contributed by atoms with van der Waals surface area (Å²) in [7, 11) is 0. The van der Waals surface area contributed by atoms with Gasteiger partial charge in [0.2, 0.25) is 0 Å². The average molecular weight is 292 g/mol. The predicted octanol–water partition coefficient (Wildman–Crippen LogP) is 4.74. The summed E-state index contributed by atoms with van der Waals surface area (Å²) in [5.74, 6) is 1.73. The number of imidazole rings is 1. The van der Waals surface area contributed by atoms with E-state index in [4.69, 9.17) is 4.74 Å². The molecule has 0 amide bonds. The number of hydrogen-bond acceptors (Lipinski definition) is 2. The van der Waals surface area contributed by atoms with E-state index >= 15 is 0 Å². The van der Waals surface area contributed by atoms with Crippen LogP contribution in [-0.2, 0) is 6.42 Å². The molecule has 0 fully saturated rings. The third-order valence-electron chi connectivity index (χ3n) is 3.76. The van der Waals surface area contributed by atoms with E-state index in [9.17, 15) is 0 Å². The van der Waals surface area contributed by atoms with Crippen molar-refractivity contribution in [2.75, 3.05) is 0 Å². The Morgan fingerprint density at radius 2 is 2.05 bits per heavy atom. The molecule has 0 aliphatic carbocycles. The fourth-order valence-corrected chi connectivity index (χ4v) is 2.58. The SMILES string of the molecule is C=CCc1ccccc1OC(C)c1nc2c(C)cccc2[nH]1. The first kappa shape index (κ1) is 14.4. The molecule has 0 bridgehead atoms. The standard InChI is InChI=1S/C19H20N2O/c1-4-8-15-10-5-6-12-17(15)22-14(3)19-20-16-11-7-9-13(2)18(16)21-19/h4-7,9-12,14H,1,8H2,2-3H3,(H,20,21).